The van der Waals surface area contributed by atoms with Crippen LogP contribution in [-0.4, -0.2) is 35.7 Å². The van der Waals surface area contributed by atoms with Gasteiger partial charge in [0.15, 0.2) is 5.82 Å². The van der Waals surface area contributed by atoms with Gasteiger partial charge in [-0.1, -0.05) is 0 Å². The number of thioether (sulfide) groups is 2. The first-order valence-corrected chi connectivity index (χ1v) is 8.51. The lowest BCUT2D eigenvalue weighted by Crippen LogP contribution is -2.28. The molecule has 1 unspecified atom stereocenters. The van der Waals surface area contributed by atoms with E-state index < -0.39 is 0 Å². The molecule has 92 valence electrons. The lowest BCUT2D eigenvalue weighted by molar-refractivity contribution is 0.670. The second-order valence-corrected chi connectivity index (χ2v) is 6.20. The molecule has 2 N–H and O–H groups in total. The van der Waals surface area contributed by atoms with Gasteiger partial charge in [-0.25, -0.2) is 0 Å². The summed E-state index contributed by atoms with van der Waals surface area (Å²) in [7, 11) is 2.12. The van der Waals surface area contributed by atoms with E-state index in [9.17, 15) is 0 Å². The molecule has 1 aromatic heterocycles. The molecular formula is C10H19N3S3. The molecule has 0 aromatic carbocycles. The standard InChI is InChI=1S/C10H19N3S3/c1-7(5-6-14-3)13(2)10-8(15-4)9(11)12-16-10/h7H,5-6H2,1-4H3,(H2,11,12). The third-order valence-electron chi connectivity index (χ3n) is 2.58. The third kappa shape index (κ3) is 3.21. The number of anilines is 2. The van der Waals surface area contributed by atoms with Crippen molar-refractivity contribution in [1.82, 2.24) is 4.37 Å². The molecule has 0 spiro atoms. The second-order valence-electron chi connectivity index (χ2n) is 3.65. The fourth-order valence-electron chi connectivity index (χ4n) is 1.38. The topological polar surface area (TPSA) is 42.2 Å². The smallest absolute Gasteiger partial charge is 0.153 e. The van der Waals surface area contributed by atoms with E-state index in [1.54, 1.807) is 11.8 Å². The molecule has 1 atom stereocenters. The summed E-state index contributed by atoms with van der Waals surface area (Å²) in [6.45, 7) is 2.25. The van der Waals surface area contributed by atoms with Crippen LogP contribution in [0.3, 0.4) is 0 Å². The van der Waals surface area contributed by atoms with Crippen LogP contribution in [0.2, 0.25) is 0 Å². The second kappa shape index (κ2) is 6.61. The lowest BCUT2D eigenvalue weighted by atomic mass is 10.2. The first-order valence-electron chi connectivity index (χ1n) is 5.12. The van der Waals surface area contributed by atoms with Crippen molar-refractivity contribution in [1.29, 1.82) is 0 Å². The van der Waals surface area contributed by atoms with Gasteiger partial charge in [0.05, 0.1) is 4.90 Å². The first-order chi connectivity index (χ1) is 7.61. The van der Waals surface area contributed by atoms with E-state index in [2.05, 4.69) is 29.5 Å². The van der Waals surface area contributed by atoms with Crippen molar-refractivity contribution in [3.63, 3.8) is 0 Å². The highest BCUT2D eigenvalue weighted by molar-refractivity contribution is 7.99. The SMILES string of the molecule is CSCCC(C)N(C)c1snc(N)c1SC. The Morgan fingerprint density at radius 3 is 2.75 bits per heavy atom. The van der Waals surface area contributed by atoms with E-state index in [4.69, 9.17) is 5.73 Å². The van der Waals surface area contributed by atoms with E-state index in [1.165, 1.54) is 28.7 Å². The summed E-state index contributed by atoms with van der Waals surface area (Å²) < 4.78 is 4.22. The largest absolute Gasteiger partial charge is 0.382 e. The molecule has 1 rings (SSSR count). The number of aromatic nitrogens is 1. The van der Waals surface area contributed by atoms with Crippen molar-refractivity contribution < 1.29 is 0 Å². The van der Waals surface area contributed by atoms with Crippen molar-refractivity contribution in [3.8, 4) is 0 Å². The molecule has 0 aliphatic carbocycles. The molecule has 0 saturated carbocycles. The number of nitrogens with zero attached hydrogens (tertiary/aromatic N) is 2. The summed E-state index contributed by atoms with van der Waals surface area (Å²) >= 11 is 5.06. The maximum absolute atomic E-state index is 5.84. The van der Waals surface area contributed by atoms with Crippen LogP contribution < -0.4 is 10.6 Å². The fourth-order valence-corrected chi connectivity index (χ4v) is 3.73. The van der Waals surface area contributed by atoms with Crippen molar-refractivity contribution in [2.24, 2.45) is 0 Å². The third-order valence-corrected chi connectivity index (χ3v) is 5.12. The maximum Gasteiger partial charge on any atom is 0.153 e. The Bertz CT molecular complexity index is 327. The first kappa shape index (κ1) is 14.0. The molecule has 0 amide bonds. The summed E-state index contributed by atoms with van der Waals surface area (Å²) in [4.78, 5) is 3.40. The molecule has 1 aromatic rings. The van der Waals surface area contributed by atoms with Crippen LogP contribution in [0.1, 0.15) is 13.3 Å². The van der Waals surface area contributed by atoms with E-state index in [-0.39, 0.29) is 0 Å². The van der Waals surface area contributed by atoms with Gasteiger partial charge in [0, 0.05) is 13.1 Å². The molecule has 0 bridgehead atoms. The molecule has 3 nitrogen and oxygen atoms in total. The minimum atomic E-state index is 0.526. The molecule has 6 heteroatoms. The van der Waals surface area contributed by atoms with Gasteiger partial charge in [0.1, 0.15) is 5.00 Å². The molecule has 0 fully saturated rings. The Morgan fingerprint density at radius 1 is 1.50 bits per heavy atom. The van der Waals surface area contributed by atoms with Crippen LogP contribution in [0, 0.1) is 0 Å². The zero-order valence-corrected chi connectivity index (χ0v) is 12.6. The molecule has 1 heterocycles. The van der Waals surface area contributed by atoms with Gasteiger partial charge in [-0.05, 0) is 43.1 Å². The number of nitrogens with two attached hydrogens (primary N) is 1. The highest BCUT2D eigenvalue weighted by Gasteiger charge is 2.18. The summed E-state index contributed by atoms with van der Waals surface area (Å²) in [6.07, 6.45) is 5.37. The van der Waals surface area contributed by atoms with Crippen LogP contribution in [-0.2, 0) is 0 Å². The van der Waals surface area contributed by atoms with E-state index >= 15 is 0 Å². The van der Waals surface area contributed by atoms with Crippen LogP contribution >= 0.6 is 35.1 Å². The average molecular weight is 277 g/mol. The number of rotatable bonds is 6. The molecule has 0 aliphatic rings. The maximum atomic E-state index is 5.84. The normalized spacial score (nSPS) is 12.8. The van der Waals surface area contributed by atoms with Gasteiger partial charge < -0.3 is 10.6 Å². The fraction of sp³-hybridized carbons (Fsp3) is 0.700. The molecular weight excluding hydrogens is 258 g/mol. The highest BCUT2D eigenvalue weighted by Crippen LogP contribution is 2.37. The van der Waals surface area contributed by atoms with E-state index in [0.29, 0.717) is 11.9 Å². The van der Waals surface area contributed by atoms with Gasteiger partial charge in [0.25, 0.3) is 0 Å². The molecule has 0 aliphatic heterocycles. The quantitative estimate of drug-likeness (QED) is 0.810. The summed E-state index contributed by atoms with van der Waals surface area (Å²) in [5.41, 5.74) is 5.84. The predicted octanol–water partition coefficient (Wildman–Crippen LogP) is 3.03. The van der Waals surface area contributed by atoms with Crippen LogP contribution in [0.25, 0.3) is 0 Å². The number of nitrogen functional groups attached to an aromatic ring is 1. The van der Waals surface area contributed by atoms with Crippen LogP contribution in [0.15, 0.2) is 4.90 Å². The predicted molar refractivity (Wildman–Crippen MR) is 79.2 cm³/mol. The van der Waals surface area contributed by atoms with Crippen LogP contribution in [0.5, 0.6) is 0 Å². The Balaban J connectivity index is 2.74. The average Bonchev–Trinajstić information content (AvgIpc) is 2.66. The van der Waals surface area contributed by atoms with Crippen molar-refractivity contribution >= 4 is 45.9 Å². The van der Waals surface area contributed by atoms with Gasteiger partial charge in [0.2, 0.25) is 0 Å². The van der Waals surface area contributed by atoms with Gasteiger partial charge in [-0.2, -0.15) is 16.1 Å². The van der Waals surface area contributed by atoms with Crippen molar-refractivity contribution in [2.75, 3.05) is 35.9 Å². The minimum absolute atomic E-state index is 0.526. The summed E-state index contributed by atoms with van der Waals surface area (Å²) in [6, 6.07) is 0.526. The van der Waals surface area contributed by atoms with E-state index in [1.807, 2.05) is 18.0 Å². The van der Waals surface area contributed by atoms with Crippen LogP contribution in [0.4, 0.5) is 10.8 Å². The Hall–Kier alpha value is -0.0700. The van der Waals surface area contributed by atoms with Gasteiger partial charge in [-0.15, -0.1) is 11.8 Å². The zero-order valence-electron chi connectivity index (χ0n) is 10.2. The van der Waals surface area contributed by atoms with Gasteiger partial charge >= 0.3 is 0 Å². The molecule has 0 radical (unpaired) electrons. The Labute approximate surface area is 110 Å². The van der Waals surface area contributed by atoms with Gasteiger partial charge in [-0.3, -0.25) is 0 Å². The Kier molecular flexibility index (Phi) is 5.78. The number of hydrogen-bond donors (Lipinski definition) is 1. The van der Waals surface area contributed by atoms with E-state index in [0.717, 1.165) is 4.90 Å². The Morgan fingerprint density at radius 2 is 2.19 bits per heavy atom. The monoisotopic (exact) mass is 277 g/mol. The number of hydrogen-bond acceptors (Lipinski definition) is 6. The lowest BCUT2D eigenvalue weighted by Gasteiger charge is -2.25. The van der Waals surface area contributed by atoms with Crippen molar-refractivity contribution in [3.05, 3.63) is 0 Å². The molecule has 0 saturated heterocycles. The van der Waals surface area contributed by atoms with Crippen molar-refractivity contribution in [2.45, 2.75) is 24.3 Å². The summed E-state index contributed by atoms with van der Waals surface area (Å²) in [5.74, 6) is 1.85. The zero-order chi connectivity index (χ0) is 12.1. The minimum Gasteiger partial charge on any atom is -0.382 e. The molecule has 16 heavy (non-hydrogen) atoms. The highest BCUT2D eigenvalue weighted by atomic mass is 32.2. The summed E-state index contributed by atoms with van der Waals surface area (Å²) in [5, 5.41) is 1.19.